The second kappa shape index (κ2) is 6.87. The van der Waals surface area contributed by atoms with E-state index in [1.165, 1.54) is 12.8 Å². The fourth-order valence-corrected chi connectivity index (χ4v) is 2.91. The number of methoxy groups -OCH3 is 1. The molecule has 0 radical (unpaired) electrons. The predicted octanol–water partition coefficient (Wildman–Crippen LogP) is 3.60. The first-order chi connectivity index (χ1) is 11.2. The van der Waals surface area contributed by atoms with Gasteiger partial charge in [0.25, 0.3) is 5.91 Å². The van der Waals surface area contributed by atoms with Gasteiger partial charge in [-0.25, -0.2) is 0 Å². The van der Waals surface area contributed by atoms with Crippen LogP contribution in [-0.2, 0) is 0 Å². The molecule has 23 heavy (non-hydrogen) atoms. The third kappa shape index (κ3) is 3.56. The summed E-state index contributed by atoms with van der Waals surface area (Å²) in [4.78, 5) is 18.8. The lowest BCUT2D eigenvalue weighted by atomic mass is 10.2. The average Bonchev–Trinajstić information content (AvgIpc) is 3.10. The van der Waals surface area contributed by atoms with E-state index in [1.54, 1.807) is 37.7 Å². The molecule has 1 amide bonds. The number of hydrogen-bond donors (Lipinski definition) is 1. The molecule has 1 fully saturated rings. The van der Waals surface area contributed by atoms with Crippen LogP contribution in [0.1, 0.15) is 23.2 Å². The molecule has 0 saturated carbocycles. The molecule has 1 N–H and O–H groups in total. The zero-order valence-corrected chi connectivity index (χ0v) is 13.6. The zero-order chi connectivity index (χ0) is 16.2. The third-order valence-electron chi connectivity index (χ3n) is 3.87. The standard InChI is InChI=1S/C17H18ClN3O2/c1-23-16-5-4-13(9-15(16)18)20-17(22)12-8-14(11-19-10-12)21-6-2-3-7-21/h4-5,8-11H,2-3,6-7H2,1H3,(H,20,22). The zero-order valence-electron chi connectivity index (χ0n) is 12.9. The number of ether oxygens (including phenoxy) is 1. The molecule has 1 aromatic carbocycles. The fourth-order valence-electron chi connectivity index (χ4n) is 2.65. The smallest absolute Gasteiger partial charge is 0.257 e. The van der Waals surface area contributed by atoms with Gasteiger partial charge in [0, 0.05) is 25.0 Å². The molecule has 1 aliphatic rings. The fraction of sp³-hybridized carbons (Fsp3) is 0.294. The first-order valence-electron chi connectivity index (χ1n) is 7.52. The molecular formula is C17H18ClN3O2. The monoisotopic (exact) mass is 331 g/mol. The number of hydrogen-bond acceptors (Lipinski definition) is 4. The van der Waals surface area contributed by atoms with Gasteiger partial charge in [-0.1, -0.05) is 11.6 Å². The van der Waals surface area contributed by atoms with Crippen molar-refractivity contribution < 1.29 is 9.53 Å². The number of aromatic nitrogens is 1. The summed E-state index contributed by atoms with van der Waals surface area (Å²) in [7, 11) is 1.55. The Morgan fingerprint density at radius 2 is 2.04 bits per heavy atom. The first kappa shape index (κ1) is 15.6. The van der Waals surface area contributed by atoms with Crippen molar-refractivity contribution in [2.45, 2.75) is 12.8 Å². The van der Waals surface area contributed by atoms with E-state index in [-0.39, 0.29) is 5.91 Å². The Morgan fingerprint density at radius 3 is 2.74 bits per heavy atom. The van der Waals surface area contributed by atoms with E-state index in [9.17, 15) is 4.79 Å². The summed E-state index contributed by atoms with van der Waals surface area (Å²) in [5.41, 5.74) is 2.14. The Bertz CT molecular complexity index is 715. The summed E-state index contributed by atoms with van der Waals surface area (Å²) in [5, 5.41) is 3.28. The van der Waals surface area contributed by atoms with Crippen LogP contribution in [0.5, 0.6) is 5.75 Å². The van der Waals surface area contributed by atoms with E-state index in [4.69, 9.17) is 16.3 Å². The van der Waals surface area contributed by atoms with Crippen LogP contribution < -0.4 is 15.0 Å². The van der Waals surface area contributed by atoms with Gasteiger partial charge in [-0.05, 0) is 37.1 Å². The van der Waals surface area contributed by atoms with E-state index in [2.05, 4.69) is 15.2 Å². The van der Waals surface area contributed by atoms with Gasteiger partial charge < -0.3 is 15.0 Å². The first-order valence-corrected chi connectivity index (χ1v) is 7.90. The number of carbonyl (C=O) groups is 1. The topological polar surface area (TPSA) is 54.5 Å². The van der Waals surface area contributed by atoms with Crippen molar-refractivity contribution in [2.24, 2.45) is 0 Å². The lowest BCUT2D eigenvalue weighted by molar-refractivity contribution is 0.102. The lowest BCUT2D eigenvalue weighted by Crippen LogP contribution is -2.19. The van der Waals surface area contributed by atoms with Crippen molar-refractivity contribution in [3.8, 4) is 5.75 Å². The molecule has 120 valence electrons. The highest BCUT2D eigenvalue weighted by molar-refractivity contribution is 6.32. The van der Waals surface area contributed by atoms with E-state index in [0.717, 1.165) is 18.8 Å². The van der Waals surface area contributed by atoms with Crippen LogP contribution in [0.4, 0.5) is 11.4 Å². The molecule has 6 heteroatoms. The van der Waals surface area contributed by atoms with Crippen LogP contribution in [0.2, 0.25) is 5.02 Å². The summed E-state index contributed by atoms with van der Waals surface area (Å²) >= 11 is 6.07. The Labute approximate surface area is 140 Å². The number of nitrogens with zero attached hydrogens (tertiary/aromatic N) is 2. The number of amides is 1. The maximum atomic E-state index is 12.4. The van der Waals surface area contributed by atoms with Crippen LogP contribution in [0, 0.1) is 0 Å². The number of nitrogens with one attached hydrogen (secondary N) is 1. The Balaban J connectivity index is 1.75. The van der Waals surface area contributed by atoms with Gasteiger partial charge in [-0.3, -0.25) is 9.78 Å². The number of rotatable bonds is 4. The molecule has 1 aliphatic heterocycles. The lowest BCUT2D eigenvalue weighted by Gasteiger charge is -2.17. The molecule has 2 heterocycles. The normalized spacial score (nSPS) is 13.9. The number of pyridine rings is 1. The quantitative estimate of drug-likeness (QED) is 0.930. The van der Waals surface area contributed by atoms with E-state index >= 15 is 0 Å². The minimum atomic E-state index is -0.209. The largest absolute Gasteiger partial charge is 0.495 e. The van der Waals surface area contributed by atoms with Crippen LogP contribution in [0.3, 0.4) is 0 Å². The number of benzene rings is 1. The second-order valence-electron chi connectivity index (χ2n) is 5.43. The minimum Gasteiger partial charge on any atom is -0.495 e. The summed E-state index contributed by atoms with van der Waals surface area (Å²) < 4.78 is 5.10. The highest BCUT2D eigenvalue weighted by Gasteiger charge is 2.15. The Kier molecular flexibility index (Phi) is 4.67. The molecule has 2 aromatic rings. The van der Waals surface area contributed by atoms with Crippen molar-refractivity contribution >= 4 is 28.9 Å². The molecule has 3 rings (SSSR count). The number of anilines is 2. The molecule has 5 nitrogen and oxygen atoms in total. The third-order valence-corrected chi connectivity index (χ3v) is 4.16. The van der Waals surface area contributed by atoms with Crippen molar-refractivity contribution in [2.75, 3.05) is 30.4 Å². The number of halogens is 1. The van der Waals surface area contributed by atoms with E-state index in [0.29, 0.717) is 22.0 Å². The van der Waals surface area contributed by atoms with E-state index in [1.807, 2.05) is 6.07 Å². The molecule has 0 unspecified atom stereocenters. The molecule has 0 spiro atoms. The SMILES string of the molecule is COc1ccc(NC(=O)c2cncc(N3CCCC3)c2)cc1Cl. The van der Waals surface area contributed by atoms with Crippen molar-refractivity contribution in [1.29, 1.82) is 0 Å². The van der Waals surface area contributed by atoms with Crippen LogP contribution in [0.25, 0.3) is 0 Å². The van der Waals surface area contributed by atoms with Gasteiger partial charge in [-0.15, -0.1) is 0 Å². The van der Waals surface area contributed by atoms with Gasteiger partial charge in [0.1, 0.15) is 5.75 Å². The highest BCUT2D eigenvalue weighted by Crippen LogP contribution is 2.27. The predicted molar refractivity (Wildman–Crippen MR) is 91.6 cm³/mol. The van der Waals surface area contributed by atoms with Crippen molar-refractivity contribution in [3.05, 3.63) is 47.2 Å². The molecule has 0 aliphatic carbocycles. The van der Waals surface area contributed by atoms with Crippen LogP contribution in [-0.4, -0.2) is 31.1 Å². The minimum absolute atomic E-state index is 0.209. The molecule has 0 bridgehead atoms. The molecule has 1 saturated heterocycles. The maximum absolute atomic E-state index is 12.4. The van der Waals surface area contributed by atoms with Crippen LogP contribution in [0.15, 0.2) is 36.7 Å². The molecular weight excluding hydrogens is 314 g/mol. The molecule has 0 atom stereocenters. The van der Waals surface area contributed by atoms with Gasteiger partial charge >= 0.3 is 0 Å². The summed E-state index contributed by atoms with van der Waals surface area (Å²) in [6.45, 7) is 2.03. The van der Waals surface area contributed by atoms with Gasteiger partial charge in [0.2, 0.25) is 0 Å². The summed E-state index contributed by atoms with van der Waals surface area (Å²) in [6, 6.07) is 7.01. The number of carbonyl (C=O) groups excluding carboxylic acids is 1. The second-order valence-corrected chi connectivity index (χ2v) is 5.84. The van der Waals surface area contributed by atoms with Crippen molar-refractivity contribution in [3.63, 3.8) is 0 Å². The van der Waals surface area contributed by atoms with Gasteiger partial charge in [-0.2, -0.15) is 0 Å². The van der Waals surface area contributed by atoms with Gasteiger partial charge in [0.15, 0.2) is 0 Å². The maximum Gasteiger partial charge on any atom is 0.257 e. The molecule has 1 aromatic heterocycles. The Morgan fingerprint density at radius 1 is 1.26 bits per heavy atom. The summed E-state index contributed by atoms with van der Waals surface area (Å²) in [6.07, 6.45) is 5.73. The highest BCUT2D eigenvalue weighted by atomic mass is 35.5. The summed E-state index contributed by atoms with van der Waals surface area (Å²) in [5.74, 6) is 0.363. The van der Waals surface area contributed by atoms with Crippen LogP contribution >= 0.6 is 11.6 Å². The van der Waals surface area contributed by atoms with Gasteiger partial charge in [0.05, 0.1) is 29.6 Å². The van der Waals surface area contributed by atoms with E-state index < -0.39 is 0 Å². The Hall–Kier alpha value is -2.27. The average molecular weight is 332 g/mol. The van der Waals surface area contributed by atoms with Crippen molar-refractivity contribution in [1.82, 2.24) is 4.98 Å².